The van der Waals surface area contributed by atoms with E-state index >= 15 is 0 Å². The number of amides is 2. The van der Waals surface area contributed by atoms with Gasteiger partial charge in [-0.3, -0.25) is 9.59 Å². The number of rotatable bonds is 32. The number of aryl methyl sites for hydroxylation is 1. The number of pyridine rings is 1. The highest BCUT2D eigenvalue weighted by molar-refractivity contribution is 5.97. The Morgan fingerprint density at radius 2 is 0.786 bits per heavy atom. The average Bonchev–Trinajstić information content (AvgIpc) is 3.18. The van der Waals surface area contributed by atoms with Gasteiger partial charge >= 0.3 is 0 Å². The zero-order valence-electron chi connectivity index (χ0n) is 35.8. The standard InChI is InChI=1S/C50H77N3O2.BrH/c1-4-6-8-10-12-14-16-18-20-22-24-26-28-30-32-34-49(54)51-45-38-36-43-40-44-37-39-46(42-48(44)53(3)47(43)41-45)52-50(55)35-33-31-29-27-25-23-21-19-17-15-13-11-9-7-5-2;/h20-23,36-42H,4-19,24-35H2,1-3H3,(H,51,52,54,55);1H/b22-20-,23-21-;. The minimum Gasteiger partial charge on any atom is -1.00 e. The summed E-state index contributed by atoms with van der Waals surface area (Å²) in [4.78, 5) is 25.6. The molecule has 0 saturated carbocycles. The van der Waals surface area contributed by atoms with Gasteiger partial charge in [-0.05, 0) is 94.5 Å². The Bertz CT molecular complexity index is 1450. The number of benzene rings is 2. The van der Waals surface area contributed by atoms with Crippen LogP contribution in [0.25, 0.3) is 21.8 Å². The van der Waals surface area contributed by atoms with Crippen LogP contribution in [0.3, 0.4) is 0 Å². The van der Waals surface area contributed by atoms with Crippen LogP contribution in [0, 0.1) is 0 Å². The molecule has 2 aromatic carbocycles. The van der Waals surface area contributed by atoms with Crippen LogP contribution in [-0.2, 0) is 16.6 Å². The van der Waals surface area contributed by atoms with Crippen LogP contribution in [0.2, 0.25) is 0 Å². The Morgan fingerprint density at radius 3 is 1.14 bits per heavy atom. The van der Waals surface area contributed by atoms with Crippen molar-refractivity contribution in [2.24, 2.45) is 7.05 Å². The monoisotopic (exact) mass is 832 g/mol. The van der Waals surface area contributed by atoms with Crippen LogP contribution < -0.4 is 32.2 Å². The summed E-state index contributed by atoms with van der Waals surface area (Å²) in [5.41, 5.74) is 3.73. The van der Waals surface area contributed by atoms with E-state index in [-0.39, 0.29) is 28.8 Å². The van der Waals surface area contributed by atoms with E-state index in [4.69, 9.17) is 0 Å². The SMILES string of the molecule is CCCCCCCCC/C=C\CCCCCCC(=O)Nc1ccc2cc3ccc(NC(=O)CCCCCC/C=C\CCCCCCCCC)cc3[n+](C)c2c1.[Br-]. The minimum absolute atomic E-state index is 0. The molecule has 3 aromatic rings. The zero-order valence-corrected chi connectivity index (χ0v) is 37.4. The maximum atomic E-state index is 12.8. The lowest BCUT2D eigenvalue weighted by molar-refractivity contribution is -0.617. The third-order valence-electron chi connectivity index (χ3n) is 11.0. The molecule has 0 radical (unpaired) electrons. The van der Waals surface area contributed by atoms with Crippen molar-refractivity contribution >= 4 is 45.0 Å². The Balaban J connectivity index is 0.0000108. The van der Waals surface area contributed by atoms with Crippen LogP contribution in [-0.4, -0.2) is 11.8 Å². The molecule has 0 aliphatic heterocycles. The molecule has 0 aliphatic carbocycles. The number of unbranched alkanes of at least 4 members (excludes halogenated alkanes) is 22. The van der Waals surface area contributed by atoms with Gasteiger partial charge in [-0.15, -0.1) is 0 Å². The first-order valence-electron chi connectivity index (χ1n) is 22.8. The third-order valence-corrected chi connectivity index (χ3v) is 11.0. The second kappa shape index (κ2) is 32.0. The fourth-order valence-electron chi connectivity index (χ4n) is 7.52. The molecular formula is C50H78BrN3O2. The number of carbonyl (C=O) groups is 2. The topological polar surface area (TPSA) is 62.1 Å². The van der Waals surface area contributed by atoms with Gasteiger partial charge < -0.3 is 27.6 Å². The summed E-state index contributed by atoms with van der Waals surface area (Å²) in [5.74, 6) is 0.154. The highest BCUT2D eigenvalue weighted by Crippen LogP contribution is 2.24. The van der Waals surface area contributed by atoms with E-state index in [1.807, 2.05) is 12.1 Å². The van der Waals surface area contributed by atoms with Gasteiger partial charge in [0.15, 0.2) is 0 Å². The van der Waals surface area contributed by atoms with Crippen molar-refractivity contribution < 1.29 is 31.1 Å². The molecule has 0 saturated heterocycles. The van der Waals surface area contributed by atoms with Gasteiger partial charge in [-0.2, -0.15) is 4.57 Å². The van der Waals surface area contributed by atoms with Crippen molar-refractivity contribution in [3.63, 3.8) is 0 Å². The number of aromatic nitrogens is 1. The molecule has 0 aliphatic rings. The molecule has 312 valence electrons. The number of carbonyl (C=O) groups excluding carboxylic acids is 2. The van der Waals surface area contributed by atoms with Crippen LogP contribution >= 0.6 is 0 Å². The maximum Gasteiger partial charge on any atom is 0.224 e. The summed E-state index contributed by atoms with van der Waals surface area (Å²) in [6, 6.07) is 14.4. The summed E-state index contributed by atoms with van der Waals surface area (Å²) in [6.07, 6.45) is 43.2. The molecule has 0 bridgehead atoms. The first-order valence-corrected chi connectivity index (χ1v) is 22.8. The third kappa shape index (κ3) is 21.5. The van der Waals surface area contributed by atoms with Crippen LogP contribution in [0.1, 0.15) is 194 Å². The molecule has 56 heavy (non-hydrogen) atoms. The summed E-state index contributed by atoms with van der Waals surface area (Å²) in [7, 11) is 2.05. The van der Waals surface area contributed by atoms with Gasteiger partial charge in [0.2, 0.25) is 22.8 Å². The fraction of sp³-hybridized carbons (Fsp3) is 0.620. The summed E-state index contributed by atoms with van der Waals surface area (Å²) < 4.78 is 2.15. The second-order valence-electron chi connectivity index (χ2n) is 16.0. The first-order chi connectivity index (χ1) is 27.0. The summed E-state index contributed by atoms with van der Waals surface area (Å²) in [5, 5.41) is 8.48. The van der Waals surface area contributed by atoms with Gasteiger partial charge in [0.1, 0.15) is 7.05 Å². The molecule has 3 rings (SSSR count). The first kappa shape index (κ1) is 49.2. The van der Waals surface area contributed by atoms with Crippen molar-refractivity contribution in [1.29, 1.82) is 0 Å². The van der Waals surface area contributed by atoms with E-state index in [0.29, 0.717) is 12.8 Å². The quantitative estimate of drug-likeness (QED) is 0.0285. The smallest absolute Gasteiger partial charge is 0.224 e. The number of anilines is 2. The van der Waals surface area contributed by atoms with E-state index in [9.17, 15) is 9.59 Å². The minimum atomic E-state index is 0. The normalized spacial score (nSPS) is 11.6. The van der Waals surface area contributed by atoms with Crippen LogP contribution in [0.5, 0.6) is 0 Å². The van der Waals surface area contributed by atoms with Crippen molar-refractivity contribution in [1.82, 2.24) is 0 Å². The predicted octanol–water partition coefficient (Wildman–Crippen LogP) is 11.8. The Hall–Kier alpha value is -2.99. The van der Waals surface area contributed by atoms with Crippen molar-refractivity contribution in [2.45, 2.75) is 194 Å². The molecule has 1 aromatic heterocycles. The molecule has 6 heteroatoms. The molecule has 0 unspecified atom stereocenters. The van der Waals surface area contributed by atoms with Crippen molar-refractivity contribution in [3.8, 4) is 0 Å². The number of fused-ring (bicyclic) bond motifs is 2. The average molecular weight is 833 g/mol. The number of nitrogens with one attached hydrogen (secondary N) is 2. The zero-order chi connectivity index (χ0) is 39.2. The van der Waals surface area contributed by atoms with E-state index in [2.05, 4.69) is 90.7 Å². The summed E-state index contributed by atoms with van der Waals surface area (Å²) >= 11 is 0. The maximum absolute atomic E-state index is 12.8. The number of hydrogen-bond acceptors (Lipinski definition) is 2. The second-order valence-corrected chi connectivity index (χ2v) is 16.0. The van der Waals surface area contributed by atoms with E-state index in [1.165, 1.54) is 128 Å². The number of hydrogen-bond donors (Lipinski definition) is 2. The lowest BCUT2D eigenvalue weighted by Gasteiger charge is -2.09. The lowest BCUT2D eigenvalue weighted by atomic mass is 10.1. The Morgan fingerprint density at radius 1 is 0.464 bits per heavy atom. The molecule has 0 fully saturated rings. The van der Waals surface area contributed by atoms with Gasteiger partial charge in [0.25, 0.3) is 0 Å². The Kier molecular flexibility index (Phi) is 28.1. The van der Waals surface area contributed by atoms with Crippen LogP contribution in [0.15, 0.2) is 66.8 Å². The predicted molar refractivity (Wildman–Crippen MR) is 239 cm³/mol. The van der Waals surface area contributed by atoms with Crippen molar-refractivity contribution in [3.05, 3.63) is 66.8 Å². The molecule has 1 heterocycles. The van der Waals surface area contributed by atoms with Gasteiger partial charge in [-0.25, -0.2) is 0 Å². The van der Waals surface area contributed by atoms with Gasteiger partial charge in [0.05, 0.1) is 0 Å². The van der Waals surface area contributed by atoms with E-state index in [0.717, 1.165) is 71.7 Å². The molecule has 0 spiro atoms. The highest BCUT2D eigenvalue weighted by atomic mass is 79.9. The summed E-state index contributed by atoms with van der Waals surface area (Å²) in [6.45, 7) is 4.55. The number of allylic oxidation sites excluding steroid dienone is 4. The molecule has 5 nitrogen and oxygen atoms in total. The molecule has 2 amide bonds. The van der Waals surface area contributed by atoms with Gasteiger partial charge in [0, 0.05) is 47.1 Å². The van der Waals surface area contributed by atoms with Crippen LogP contribution in [0.4, 0.5) is 11.4 Å². The lowest BCUT2D eigenvalue weighted by Crippen LogP contribution is -3.00. The van der Waals surface area contributed by atoms with Crippen molar-refractivity contribution in [2.75, 3.05) is 10.6 Å². The fourth-order valence-corrected chi connectivity index (χ4v) is 7.52. The largest absolute Gasteiger partial charge is 1.00 e. The molecule has 2 N–H and O–H groups in total. The highest BCUT2D eigenvalue weighted by Gasteiger charge is 2.15. The Labute approximate surface area is 352 Å². The molecular weight excluding hydrogens is 754 g/mol. The van der Waals surface area contributed by atoms with E-state index < -0.39 is 0 Å². The van der Waals surface area contributed by atoms with E-state index in [1.54, 1.807) is 0 Å². The number of halogens is 1. The number of nitrogens with zero attached hydrogens (tertiary/aromatic N) is 1. The van der Waals surface area contributed by atoms with Gasteiger partial charge in [-0.1, -0.05) is 141 Å². The molecule has 0 atom stereocenters.